The van der Waals surface area contributed by atoms with E-state index in [1.807, 2.05) is 26.8 Å². The lowest BCUT2D eigenvalue weighted by molar-refractivity contribution is 0.0859. The van der Waals surface area contributed by atoms with Crippen molar-refractivity contribution < 1.29 is 9.57 Å². The highest BCUT2D eigenvalue weighted by atomic mass is 79.9. The zero-order valence-electron chi connectivity index (χ0n) is 9.82. The second-order valence-electron chi connectivity index (χ2n) is 3.54. The van der Waals surface area contributed by atoms with Gasteiger partial charge in [0.25, 0.3) is 0 Å². The number of oxime groups is 1. The number of aromatic nitrogens is 1. The topological polar surface area (TPSA) is 43.7 Å². The maximum Gasteiger partial charge on any atom is 0.222 e. The molecule has 16 heavy (non-hydrogen) atoms. The molecular weight excluding hydrogens is 272 g/mol. The third kappa shape index (κ3) is 3.48. The Morgan fingerprint density at radius 2 is 2.19 bits per heavy atom. The standard InChI is InChI=1S/C11H15BrN2O2/c1-7(2)16-14-8(3)10-5-9(12)6-13-11(10)15-4/h5-7H,1-4H3. The third-order valence-corrected chi connectivity index (χ3v) is 2.24. The summed E-state index contributed by atoms with van der Waals surface area (Å²) < 4.78 is 6.04. The second kappa shape index (κ2) is 5.84. The second-order valence-corrected chi connectivity index (χ2v) is 4.46. The summed E-state index contributed by atoms with van der Waals surface area (Å²) in [5.41, 5.74) is 1.55. The van der Waals surface area contributed by atoms with Crippen molar-refractivity contribution in [3.63, 3.8) is 0 Å². The lowest BCUT2D eigenvalue weighted by atomic mass is 10.2. The van der Waals surface area contributed by atoms with Gasteiger partial charge in [0.05, 0.1) is 18.4 Å². The van der Waals surface area contributed by atoms with Crippen LogP contribution in [0.3, 0.4) is 0 Å². The van der Waals surface area contributed by atoms with Gasteiger partial charge in [0.2, 0.25) is 5.88 Å². The molecule has 1 heterocycles. The van der Waals surface area contributed by atoms with Crippen molar-refractivity contribution in [1.82, 2.24) is 4.98 Å². The number of hydrogen-bond acceptors (Lipinski definition) is 4. The van der Waals surface area contributed by atoms with Crippen LogP contribution in [0.4, 0.5) is 0 Å². The Morgan fingerprint density at radius 3 is 2.75 bits per heavy atom. The Hall–Kier alpha value is -1.10. The number of rotatable bonds is 4. The van der Waals surface area contributed by atoms with Crippen LogP contribution in [0.5, 0.6) is 5.88 Å². The van der Waals surface area contributed by atoms with Crippen LogP contribution in [0.1, 0.15) is 26.3 Å². The van der Waals surface area contributed by atoms with E-state index >= 15 is 0 Å². The van der Waals surface area contributed by atoms with Gasteiger partial charge < -0.3 is 9.57 Å². The molecule has 0 spiro atoms. The van der Waals surface area contributed by atoms with Crippen molar-refractivity contribution >= 4 is 21.6 Å². The van der Waals surface area contributed by atoms with Crippen LogP contribution in [0.15, 0.2) is 21.9 Å². The molecule has 0 aliphatic rings. The Kier molecular flexibility index (Phi) is 4.73. The number of nitrogens with zero attached hydrogens (tertiary/aromatic N) is 2. The van der Waals surface area contributed by atoms with Gasteiger partial charge in [-0.25, -0.2) is 4.98 Å². The number of ether oxygens (including phenoxy) is 1. The lowest BCUT2D eigenvalue weighted by Gasteiger charge is -2.08. The molecule has 0 fully saturated rings. The molecule has 0 radical (unpaired) electrons. The number of pyridine rings is 1. The van der Waals surface area contributed by atoms with E-state index in [1.165, 1.54) is 0 Å². The predicted molar refractivity (Wildman–Crippen MR) is 66.9 cm³/mol. The maximum absolute atomic E-state index is 5.19. The van der Waals surface area contributed by atoms with Crippen LogP contribution in [0, 0.1) is 0 Å². The fourth-order valence-corrected chi connectivity index (χ4v) is 1.41. The first-order chi connectivity index (χ1) is 7.54. The first kappa shape index (κ1) is 13.0. The van der Waals surface area contributed by atoms with Crippen LogP contribution in [-0.2, 0) is 4.84 Å². The van der Waals surface area contributed by atoms with Crippen LogP contribution >= 0.6 is 15.9 Å². The molecule has 0 atom stereocenters. The minimum atomic E-state index is 0.0565. The number of hydrogen-bond donors (Lipinski definition) is 0. The highest BCUT2D eigenvalue weighted by molar-refractivity contribution is 9.10. The summed E-state index contributed by atoms with van der Waals surface area (Å²) in [6.07, 6.45) is 1.74. The molecule has 0 amide bonds. The van der Waals surface area contributed by atoms with Gasteiger partial charge in [0.1, 0.15) is 6.10 Å². The van der Waals surface area contributed by atoms with Crippen molar-refractivity contribution in [2.45, 2.75) is 26.9 Å². The maximum atomic E-state index is 5.19. The Bertz CT molecular complexity index is 392. The first-order valence-electron chi connectivity index (χ1n) is 4.95. The summed E-state index contributed by atoms with van der Waals surface area (Å²) in [4.78, 5) is 9.33. The molecule has 0 aliphatic heterocycles. The largest absolute Gasteiger partial charge is 0.481 e. The summed E-state index contributed by atoms with van der Waals surface area (Å²) in [7, 11) is 1.58. The Balaban J connectivity index is 3.01. The van der Waals surface area contributed by atoms with Crippen molar-refractivity contribution in [3.05, 3.63) is 22.3 Å². The molecule has 4 nitrogen and oxygen atoms in total. The van der Waals surface area contributed by atoms with E-state index in [2.05, 4.69) is 26.1 Å². The van der Waals surface area contributed by atoms with Crippen molar-refractivity contribution in [2.75, 3.05) is 7.11 Å². The zero-order valence-corrected chi connectivity index (χ0v) is 11.4. The van der Waals surface area contributed by atoms with Gasteiger partial charge in [-0.1, -0.05) is 5.16 Å². The molecule has 0 N–H and O–H groups in total. The minimum absolute atomic E-state index is 0.0565. The molecular formula is C11H15BrN2O2. The fraction of sp³-hybridized carbons (Fsp3) is 0.455. The molecule has 0 bridgehead atoms. The summed E-state index contributed by atoms with van der Waals surface area (Å²) in [5.74, 6) is 0.539. The SMILES string of the molecule is COc1ncc(Br)cc1C(C)=NOC(C)C. The molecule has 0 saturated heterocycles. The molecule has 1 rings (SSSR count). The Labute approximate surface area is 104 Å². The van der Waals surface area contributed by atoms with Gasteiger partial charge in [-0.05, 0) is 42.8 Å². The number of methoxy groups -OCH3 is 1. The van der Waals surface area contributed by atoms with Crippen LogP contribution < -0.4 is 4.74 Å². The fourth-order valence-electron chi connectivity index (χ4n) is 1.08. The monoisotopic (exact) mass is 286 g/mol. The van der Waals surface area contributed by atoms with Gasteiger partial charge >= 0.3 is 0 Å². The van der Waals surface area contributed by atoms with Gasteiger partial charge in [0.15, 0.2) is 0 Å². The quantitative estimate of drug-likeness (QED) is 0.631. The van der Waals surface area contributed by atoms with Crippen molar-refractivity contribution in [1.29, 1.82) is 0 Å². The van der Waals surface area contributed by atoms with Crippen LogP contribution in [-0.4, -0.2) is 23.9 Å². The molecule has 0 unspecified atom stereocenters. The molecule has 1 aromatic heterocycles. The molecule has 0 aromatic carbocycles. The number of halogens is 1. The molecule has 88 valence electrons. The van der Waals surface area contributed by atoms with Crippen molar-refractivity contribution in [3.8, 4) is 5.88 Å². The molecule has 1 aromatic rings. The highest BCUT2D eigenvalue weighted by Crippen LogP contribution is 2.20. The predicted octanol–water partition coefficient (Wildman–Crippen LogP) is 3.00. The zero-order chi connectivity index (χ0) is 12.1. The summed E-state index contributed by atoms with van der Waals surface area (Å²) >= 11 is 3.36. The van der Waals surface area contributed by atoms with E-state index in [0.717, 1.165) is 15.7 Å². The normalized spacial score (nSPS) is 11.8. The first-order valence-corrected chi connectivity index (χ1v) is 5.74. The van der Waals surface area contributed by atoms with E-state index in [1.54, 1.807) is 13.3 Å². The van der Waals surface area contributed by atoms with E-state index in [0.29, 0.717) is 5.88 Å². The Morgan fingerprint density at radius 1 is 1.50 bits per heavy atom. The van der Waals surface area contributed by atoms with Gasteiger partial charge in [0, 0.05) is 10.7 Å². The van der Waals surface area contributed by atoms with E-state index in [4.69, 9.17) is 9.57 Å². The average molecular weight is 287 g/mol. The summed E-state index contributed by atoms with van der Waals surface area (Å²) in [5, 5.41) is 4.02. The van der Waals surface area contributed by atoms with Gasteiger partial charge in [-0.3, -0.25) is 0 Å². The highest BCUT2D eigenvalue weighted by Gasteiger charge is 2.09. The van der Waals surface area contributed by atoms with Crippen LogP contribution in [0.25, 0.3) is 0 Å². The lowest BCUT2D eigenvalue weighted by Crippen LogP contribution is -2.04. The van der Waals surface area contributed by atoms with E-state index in [-0.39, 0.29) is 6.10 Å². The average Bonchev–Trinajstić information content (AvgIpc) is 2.25. The van der Waals surface area contributed by atoms with E-state index < -0.39 is 0 Å². The summed E-state index contributed by atoms with van der Waals surface area (Å²) in [6, 6.07) is 1.90. The van der Waals surface area contributed by atoms with Crippen molar-refractivity contribution in [2.24, 2.45) is 5.16 Å². The van der Waals surface area contributed by atoms with E-state index in [9.17, 15) is 0 Å². The van der Waals surface area contributed by atoms with Gasteiger partial charge in [-0.15, -0.1) is 0 Å². The third-order valence-electron chi connectivity index (χ3n) is 1.80. The minimum Gasteiger partial charge on any atom is -0.481 e. The van der Waals surface area contributed by atoms with Crippen LogP contribution in [0.2, 0.25) is 0 Å². The molecule has 0 aliphatic carbocycles. The molecule has 5 heteroatoms. The smallest absolute Gasteiger partial charge is 0.222 e. The molecule has 0 saturated carbocycles. The van der Waals surface area contributed by atoms with Gasteiger partial charge in [-0.2, -0.15) is 0 Å². The summed E-state index contributed by atoms with van der Waals surface area (Å²) in [6.45, 7) is 5.70.